The van der Waals surface area contributed by atoms with E-state index in [2.05, 4.69) is 32.9 Å². The van der Waals surface area contributed by atoms with E-state index in [9.17, 15) is 4.39 Å². The molecule has 96 valence electrons. The summed E-state index contributed by atoms with van der Waals surface area (Å²) in [5.41, 5.74) is 6.92. The third kappa shape index (κ3) is 1.41. The second-order valence-electron chi connectivity index (χ2n) is 4.88. The maximum Gasteiger partial charge on any atom is 0.238 e. The molecule has 0 amide bonds. The van der Waals surface area contributed by atoms with Crippen molar-refractivity contribution in [3.05, 3.63) is 22.2 Å². The molecule has 0 radical (unpaired) electrons. The van der Waals surface area contributed by atoms with Gasteiger partial charge in [-0.25, -0.2) is 13.9 Å². The van der Waals surface area contributed by atoms with Crippen LogP contribution in [0.15, 0.2) is 10.7 Å². The first kappa shape index (κ1) is 11.9. The van der Waals surface area contributed by atoms with Crippen LogP contribution in [0.3, 0.4) is 0 Å². The molecule has 1 aliphatic carbocycles. The molecule has 0 spiro atoms. The molecular weight excluding hydrogens is 299 g/mol. The Labute approximate surface area is 113 Å². The number of nitrogens with zero attached hydrogens (tertiary/aromatic N) is 3. The zero-order chi connectivity index (χ0) is 12.9. The highest BCUT2D eigenvalue weighted by Crippen LogP contribution is 2.49. The van der Waals surface area contributed by atoms with Crippen molar-refractivity contribution in [2.24, 2.45) is 0 Å². The van der Waals surface area contributed by atoms with Gasteiger partial charge in [0.2, 0.25) is 5.95 Å². The monoisotopic (exact) mass is 312 g/mol. The van der Waals surface area contributed by atoms with Crippen LogP contribution in [-0.4, -0.2) is 14.6 Å². The lowest BCUT2D eigenvalue weighted by atomic mass is 9.65. The number of nitrogens with two attached hydrogens (primary N) is 1. The molecule has 0 aliphatic heterocycles. The van der Waals surface area contributed by atoms with Gasteiger partial charge in [0.25, 0.3) is 0 Å². The third-order valence-corrected chi connectivity index (χ3v) is 4.80. The minimum Gasteiger partial charge on any atom is -0.367 e. The van der Waals surface area contributed by atoms with Crippen LogP contribution < -0.4 is 5.73 Å². The van der Waals surface area contributed by atoms with Gasteiger partial charge in [0.05, 0.1) is 16.4 Å². The van der Waals surface area contributed by atoms with Crippen LogP contribution in [-0.2, 0) is 5.41 Å². The van der Waals surface area contributed by atoms with Gasteiger partial charge in [0, 0.05) is 5.41 Å². The van der Waals surface area contributed by atoms with Crippen molar-refractivity contribution in [1.82, 2.24) is 14.6 Å². The topological polar surface area (TPSA) is 56.2 Å². The summed E-state index contributed by atoms with van der Waals surface area (Å²) in [6.45, 7) is 2.13. The first-order chi connectivity index (χ1) is 8.59. The second kappa shape index (κ2) is 3.91. The maximum atomic E-state index is 14.2. The average Bonchev–Trinajstić information content (AvgIpc) is 2.54. The summed E-state index contributed by atoms with van der Waals surface area (Å²) in [5.74, 6) is -0.137. The molecule has 4 nitrogen and oxygen atoms in total. The van der Waals surface area contributed by atoms with Gasteiger partial charge >= 0.3 is 0 Å². The Bertz CT molecular complexity index is 613. The minimum atomic E-state index is -0.301. The van der Waals surface area contributed by atoms with Crippen LogP contribution in [0.1, 0.15) is 38.3 Å². The van der Waals surface area contributed by atoms with Crippen molar-refractivity contribution in [3.63, 3.8) is 0 Å². The van der Waals surface area contributed by atoms with Crippen LogP contribution in [0, 0.1) is 5.82 Å². The Morgan fingerprint density at radius 1 is 1.56 bits per heavy atom. The van der Waals surface area contributed by atoms with Crippen molar-refractivity contribution in [1.29, 1.82) is 0 Å². The summed E-state index contributed by atoms with van der Waals surface area (Å²) in [6, 6.07) is 0. The molecule has 2 heterocycles. The van der Waals surface area contributed by atoms with E-state index in [1.165, 1.54) is 12.6 Å². The van der Waals surface area contributed by atoms with E-state index in [-0.39, 0.29) is 17.2 Å². The zero-order valence-electron chi connectivity index (χ0n) is 10.1. The third-order valence-electron chi connectivity index (χ3n) is 4.08. The van der Waals surface area contributed by atoms with Crippen molar-refractivity contribution in [3.8, 4) is 0 Å². The van der Waals surface area contributed by atoms with E-state index < -0.39 is 0 Å². The summed E-state index contributed by atoms with van der Waals surface area (Å²) in [6.07, 6.45) is 5.72. The van der Waals surface area contributed by atoms with E-state index in [0.29, 0.717) is 9.99 Å². The SMILES string of the molecule is CCC1(c2c(Br)c(F)c3cnc(N)nn23)CCC1. The average molecular weight is 313 g/mol. The molecule has 1 saturated carbocycles. The number of anilines is 1. The molecule has 2 N–H and O–H groups in total. The predicted octanol–water partition coefficient (Wildman–Crippen LogP) is 3.04. The molecule has 2 aromatic rings. The van der Waals surface area contributed by atoms with Gasteiger partial charge < -0.3 is 5.73 Å². The summed E-state index contributed by atoms with van der Waals surface area (Å²) < 4.78 is 16.3. The van der Waals surface area contributed by atoms with Crippen molar-refractivity contribution in [2.45, 2.75) is 38.0 Å². The summed E-state index contributed by atoms with van der Waals surface area (Å²) >= 11 is 3.36. The Morgan fingerprint density at radius 2 is 2.28 bits per heavy atom. The normalized spacial score (nSPS) is 17.9. The Balaban J connectivity index is 2.34. The number of hydrogen-bond acceptors (Lipinski definition) is 3. The molecule has 0 unspecified atom stereocenters. The lowest BCUT2D eigenvalue weighted by Crippen LogP contribution is -2.35. The fourth-order valence-electron chi connectivity index (χ4n) is 2.81. The van der Waals surface area contributed by atoms with E-state index in [4.69, 9.17) is 5.73 Å². The van der Waals surface area contributed by atoms with Gasteiger partial charge in [-0.1, -0.05) is 13.3 Å². The number of rotatable bonds is 2. The molecule has 6 heteroatoms. The largest absolute Gasteiger partial charge is 0.367 e. The van der Waals surface area contributed by atoms with Crippen LogP contribution in [0.4, 0.5) is 10.3 Å². The highest BCUT2D eigenvalue weighted by atomic mass is 79.9. The molecule has 0 atom stereocenters. The van der Waals surface area contributed by atoms with Gasteiger partial charge in [-0.05, 0) is 35.2 Å². The molecule has 0 saturated heterocycles. The Morgan fingerprint density at radius 3 is 2.83 bits per heavy atom. The minimum absolute atomic E-state index is 0.0207. The van der Waals surface area contributed by atoms with E-state index in [1.807, 2.05) is 0 Å². The first-order valence-electron chi connectivity index (χ1n) is 6.08. The standard InChI is InChI=1S/C12H14BrFN4/c1-2-12(4-3-5-12)10-8(13)9(14)7-6-16-11(15)17-18(7)10/h6H,2-5H2,1H3,(H2,15,17). The summed E-state index contributed by atoms with van der Waals surface area (Å²) in [5, 5.41) is 4.17. The van der Waals surface area contributed by atoms with Crippen molar-refractivity contribution >= 4 is 27.4 Å². The Kier molecular flexibility index (Phi) is 2.59. The molecule has 0 bridgehead atoms. The smallest absolute Gasteiger partial charge is 0.238 e. The predicted molar refractivity (Wildman–Crippen MR) is 70.9 cm³/mol. The van der Waals surface area contributed by atoms with E-state index >= 15 is 0 Å². The molecule has 3 rings (SSSR count). The second-order valence-corrected chi connectivity index (χ2v) is 5.67. The lowest BCUT2D eigenvalue weighted by Gasteiger charge is -2.41. The summed E-state index contributed by atoms with van der Waals surface area (Å²) in [4.78, 5) is 3.86. The Hall–Kier alpha value is -1.17. The van der Waals surface area contributed by atoms with Crippen molar-refractivity contribution < 1.29 is 4.39 Å². The van der Waals surface area contributed by atoms with Gasteiger partial charge in [-0.2, -0.15) is 0 Å². The molecular formula is C12H14BrFN4. The molecule has 18 heavy (non-hydrogen) atoms. The highest BCUT2D eigenvalue weighted by molar-refractivity contribution is 9.10. The molecule has 0 aromatic carbocycles. The van der Waals surface area contributed by atoms with Crippen LogP contribution in [0.25, 0.3) is 5.52 Å². The highest BCUT2D eigenvalue weighted by Gasteiger charge is 2.42. The fraction of sp³-hybridized carbons (Fsp3) is 0.500. The summed E-state index contributed by atoms with van der Waals surface area (Å²) in [7, 11) is 0. The number of nitrogen functional groups attached to an aromatic ring is 1. The van der Waals surface area contributed by atoms with Gasteiger partial charge in [0.15, 0.2) is 5.82 Å². The lowest BCUT2D eigenvalue weighted by molar-refractivity contribution is 0.223. The van der Waals surface area contributed by atoms with Crippen LogP contribution >= 0.6 is 15.9 Å². The number of hydrogen-bond donors (Lipinski definition) is 1. The van der Waals surface area contributed by atoms with Crippen LogP contribution in [0.2, 0.25) is 0 Å². The van der Waals surface area contributed by atoms with E-state index in [0.717, 1.165) is 25.0 Å². The molecule has 2 aromatic heterocycles. The number of fused-ring (bicyclic) bond motifs is 1. The zero-order valence-corrected chi connectivity index (χ0v) is 11.7. The molecule has 1 aliphatic rings. The quantitative estimate of drug-likeness (QED) is 0.927. The van der Waals surface area contributed by atoms with Crippen molar-refractivity contribution in [2.75, 3.05) is 5.73 Å². The van der Waals surface area contributed by atoms with Gasteiger partial charge in [-0.15, -0.1) is 5.10 Å². The fourth-order valence-corrected chi connectivity index (χ4v) is 3.60. The maximum absolute atomic E-state index is 14.2. The first-order valence-corrected chi connectivity index (χ1v) is 6.87. The molecule has 1 fully saturated rings. The van der Waals surface area contributed by atoms with Crippen LogP contribution in [0.5, 0.6) is 0 Å². The van der Waals surface area contributed by atoms with E-state index in [1.54, 1.807) is 4.52 Å². The van der Waals surface area contributed by atoms with Gasteiger partial charge in [-0.3, -0.25) is 0 Å². The number of aromatic nitrogens is 3. The van der Waals surface area contributed by atoms with Gasteiger partial charge in [0.1, 0.15) is 5.52 Å². The number of halogens is 2.